The van der Waals surface area contributed by atoms with Gasteiger partial charge in [-0.15, -0.1) is 0 Å². The third-order valence-electron chi connectivity index (χ3n) is 11.1. The molecular weight excluding hydrogens is 719 g/mol. The van der Waals surface area contributed by atoms with Gasteiger partial charge in [-0.25, -0.2) is 15.0 Å². The van der Waals surface area contributed by atoms with Crippen LogP contribution in [0.15, 0.2) is 217 Å². The first kappa shape index (κ1) is 34.3. The predicted octanol–water partition coefficient (Wildman–Crippen LogP) is 14.6. The molecular formula is C55H35N3O. The van der Waals surface area contributed by atoms with Crippen molar-refractivity contribution >= 4 is 32.7 Å². The van der Waals surface area contributed by atoms with Gasteiger partial charge in [0.15, 0.2) is 17.5 Å². The van der Waals surface area contributed by atoms with Crippen LogP contribution in [-0.4, -0.2) is 15.0 Å². The maximum Gasteiger partial charge on any atom is 0.164 e. The molecule has 0 unspecified atom stereocenters. The van der Waals surface area contributed by atoms with Crippen molar-refractivity contribution in [2.75, 3.05) is 0 Å². The lowest BCUT2D eigenvalue weighted by Crippen LogP contribution is -2.00. The van der Waals surface area contributed by atoms with Crippen LogP contribution in [0.5, 0.6) is 0 Å². The molecule has 0 N–H and O–H groups in total. The smallest absolute Gasteiger partial charge is 0.164 e. The molecule has 11 aromatic rings. The minimum absolute atomic E-state index is 0.627. The van der Waals surface area contributed by atoms with E-state index >= 15 is 0 Å². The summed E-state index contributed by atoms with van der Waals surface area (Å²) in [5.41, 5.74) is 13.7. The number of benzene rings is 9. The summed E-state index contributed by atoms with van der Waals surface area (Å²) < 4.78 is 6.30. The van der Waals surface area contributed by atoms with Gasteiger partial charge in [-0.2, -0.15) is 0 Å². The fourth-order valence-corrected chi connectivity index (χ4v) is 8.11. The molecule has 0 aliphatic carbocycles. The van der Waals surface area contributed by atoms with Gasteiger partial charge in [0.25, 0.3) is 0 Å². The highest BCUT2D eigenvalue weighted by molar-refractivity contribution is 6.19. The Kier molecular flexibility index (Phi) is 8.45. The largest absolute Gasteiger partial charge is 0.456 e. The zero-order chi connectivity index (χ0) is 39.1. The van der Waals surface area contributed by atoms with Gasteiger partial charge in [0, 0.05) is 27.5 Å². The van der Waals surface area contributed by atoms with Crippen LogP contribution in [0.2, 0.25) is 0 Å². The molecule has 2 heterocycles. The number of furan rings is 1. The summed E-state index contributed by atoms with van der Waals surface area (Å²) in [4.78, 5) is 15.0. The first-order chi connectivity index (χ1) is 29.2. The Hall–Kier alpha value is -7.95. The summed E-state index contributed by atoms with van der Waals surface area (Å²) in [6.45, 7) is 0. The molecule has 0 atom stereocenters. The Bertz CT molecular complexity index is 3320. The molecule has 0 radical (unpaired) electrons. The topological polar surface area (TPSA) is 51.8 Å². The normalized spacial score (nSPS) is 11.4. The van der Waals surface area contributed by atoms with Crippen molar-refractivity contribution in [3.63, 3.8) is 0 Å². The summed E-state index contributed by atoms with van der Waals surface area (Å²) in [6, 6.07) is 74.2. The third kappa shape index (κ3) is 6.53. The molecule has 0 fully saturated rings. The van der Waals surface area contributed by atoms with Crippen LogP contribution in [0.3, 0.4) is 0 Å². The van der Waals surface area contributed by atoms with Gasteiger partial charge in [-0.1, -0.05) is 176 Å². The van der Waals surface area contributed by atoms with Gasteiger partial charge < -0.3 is 4.42 Å². The molecule has 59 heavy (non-hydrogen) atoms. The first-order valence-corrected chi connectivity index (χ1v) is 19.8. The van der Waals surface area contributed by atoms with Gasteiger partial charge in [0.1, 0.15) is 11.2 Å². The first-order valence-electron chi connectivity index (χ1n) is 19.8. The third-order valence-corrected chi connectivity index (χ3v) is 11.1. The predicted molar refractivity (Wildman–Crippen MR) is 243 cm³/mol. The van der Waals surface area contributed by atoms with Gasteiger partial charge >= 0.3 is 0 Å². The molecule has 0 saturated heterocycles. The number of rotatable bonds is 7. The maximum atomic E-state index is 6.30. The zero-order valence-electron chi connectivity index (χ0n) is 32.0. The number of fused-ring (bicyclic) bond motifs is 5. The van der Waals surface area contributed by atoms with E-state index in [-0.39, 0.29) is 0 Å². The molecule has 4 heteroatoms. The molecule has 0 aliphatic heterocycles. The SMILES string of the molecule is c1ccc(-c2ccc(-c3nc(-c4ccccc4)nc(-c4cccc(-c5cccc(-c6cccc(-c7ccc8oc9ccc%10ccccc%10c9c8c7)c6)c5)c4)n3)cc2)cc1. The van der Waals surface area contributed by atoms with E-state index in [9.17, 15) is 0 Å². The molecule has 0 spiro atoms. The molecule has 0 amide bonds. The highest BCUT2D eigenvalue weighted by atomic mass is 16.3. The van der Waals surface area contributed by atoms with Crippen LogP contribution >= 0.6 is 0 Å². The van der Waals surface area contributed by atoms with E-state index in [2.05, 4.69) is 176 Å². The summed E-state index contributed by atoms with van der Waals surface area (Å²) in [6.07, 6.45) is 0. The second-order valence-corrected chi connectivity index (χ2v) is 14.8. The van der Waals surface area contributed by atoms with E-state index in [1.165, 1.54) is 16.3 Å². The monoisotopic (exact) mass is 753 g/mol. The number of nitrogens with zero attached hydrogens (tertiary/aromatic N) is 3. The van der Waals surface area contributed by atoms with Crippen LogP contribution in [0, 0.1) is 0 Å². The van der Waals surface area contributed by atoms with Crippen molar-refractivity contribution in [1.29, 1.82) is 0 Å². The van der Waals surface area contributed by atoms with Crippen molar-refractivity contribution in [2.24, 2.45) is 0 Å². The Morgan fingerprint density at radius 1 is 0.254 bits per heavy atom. The van der Waals surface area contributed by atoms with Crippen LogP contribution < -0.4 is 0 Å². The average molecular weight is 754 g/mol. The maximum absolute atomic E-state index is 6.30. The molecule has 2 aromatic heterocycles. The van der Waals surface area contributed by atoms with Gasteiger partial charge in [-0.3, -0.25) is 0 Å². The molecule has 0 saturated carbocycles. The Morgan fingerprint density at radius 2 is 0.661 bits per heavy atom. The van der Waals surface area contributed by atoms with Gasteiger partial charge in [0.2, 0.25) is 0 Å². The molecule has 11 rings (SSSR count). The summed E-state index contributed by atoms with van der Waals surface area (Å²) in [7, 11) is 0. The lowest BCUT2D eigenvalue weighted by molar-refractivity contribution is 0.669. The van der Waals surface area contributed by atoms with Crippen molar-refractivity contribution in [2.45, 2.75) is 0 Å². The second kappa shape index (κ2) is 14.5. The summed E-state index contributed by atoms with van der Waals surface area (Å²) in [5, 5.41) is 4.70. The highest BCUT2D eigenvalue weighted by Gasteiger charge is 2.15. The van der Waals surface area contributed by atoms with Gasteiger partial charge in [-0.05, 0) is 91.7 Å². The highest BCUT2D eigenvalue weighted by Crippen LogP contribution is 2.38. The lowest BCUT2D eigenvalue weighted by atomic mass is 9.95. The molecule has 4 nitrogen and oxygen atoms in total. The molecule has 276 valence electrons. The van der Waals surface area contributed by atoms with E-state index < -0.39 is 0 Å². The number of aromatic nitrogens is 3. The summed E-state index contributed by atoms with van der Waals surface area (Å²) >= 11 is 0. The number of hydrogen-bond donors (Lipinski definition) is 0. The quantitative estimate of drug-likeness (QED) is 0.163. The van der Waals surface area contributed by atoms with E-state index in [1.54, 1.807) is 0 Å². The lowest BCUT2D eigenvalue weighted by Gasteiger charge is -2.11. The van der Waals surface area contributed by atoms with Crippen LogP contribution in [-0.2, 0) is 0 Å². The molecule has 0 bridgehead atoms. The van der Waals surface area contributed by atoms with Crippen molar-refractivity contribution in [3.05, 3.63) is 212 Å². The Balaban J connectivity index is 0.937. The van der Waals surface area contributed by atoms with Crippen LogP contribution in [0.1, 0.15) is 0 Å². The standard InChI is InChI=1S/C55H35N3O/c1-3-12-36(13-4-1)37-24-26-40(27-25-37)54-56-53(39-15-5-2-6-16-39)57-55(58-54)47-22-11-21-45(34-47)43-19-9-17-41(32-43)42-18-10-20-44(33-42)46-29-30-50-49(35-46)52-48-23-8-7-14-38(48)28-31-51(52)59-50/h1-35H. The van der Waals surface area contributed by atoms with Gasteiger partial charge in [0.05, 0.1) is 0 Å². The van der Waals surface area contributed by atoms with Crippen molar-refractivity contribution in [1.82, 2.24) is 15.0 Å². The van der Waals surface area contributed by atoms with E-state index in [1.807, 2.05) is 36.4 Å². The average Bonchev–Trinajstić information content (AvgIpc) is 3.71. The molecule has 9 aromatic carbocycles. The fraction of sp³-hybridized carbons (Fsp3) is 0. The summed E-state index contributed by atoms with van der Waals surface area (Å²) in [5.74, 6) is 1.90. The van der Waals surface area contributed by atoms with E-state index in [0.29, 0.717) is 17.5 Å². The molecule has 0 aliphatic rings. The van der Waals surface area contributed by atoms with Crippen molar-refractivity contribution in [3.8, 4) is 78.7 Å². The van der Waals surface area contributed by atoms with Crippen LogP contribution in [0.25, 0.3) is 111 Å². The zero-order valence-corrected chi connectivity index (χ0v) is 32.0. The minimum atomic E-state index is 0.627. The van der Waals surface area contributed by atoms with E-state index in [4.69, 9.17) is 19.4 Å². The van der Waals surface area contributed by atoms with E-state index in [0.717, 1.165) is 77.6 Å². The Morgan fingerprint density at radius 3 is 1.29 bits per heavy atom. The van der Waals surface area contributed by atoms with Crippen molar-refractivity contribution < 1.29 is 4.42 Å². The fourth-order valence-electron chi connectivity index (χ4n) is 8.11. The number of hydrogen-bond acceptors (Lipinski definition) is 4. The van der Waals surface area contributed by atoms with Crippen LogP contribution in [0.4, 0.5) is 0 Å². The Labute approximate surface area is 341 Å². The second-order valence-electron chi connectivity index (χ2n) is 14.8. The minimum Gasteiger partial charge on any atom is -0.456 e.